The summed E-state index contributed by atoms with van der Waals surface area (Å²) >= 11 is 0. The molecule has 1 aliphatic heterocycles. The number of anilines is 1. The lowest BCUT2D eigenvalue weighted by molar-refractivity contribution is 0.122. The Morgan fingerprint density at radius 1 is 1.11 bits per heavy atom. The largest absolute Gasteiger partial charge is 0.378 e. The van der Waals surface area contributed by atoms with Crippen LogP contribution in [0.3, 0.4) is 0 Å². The van der Waals surface area contributed by atoms with Crippen molar-refractivity contribution in [1.29, 1.82) is 0 Å². The Labute approximate surface area is 111 Å². The minimum atomic E-state index is -0.221. The quantitative estimate of drug-likeness (QED) is 0.828. The van der Waals surface area contributed by atoms with Gasteiger partial charge in [0.05, 0.1) is 18.9 Å². The monoisotopic (exact) mass is 258 g/mol. The second-order valence-corrected chi connectivity index (χ2v) is 4.48. The molecule has 0 N–H and O–H groups in total. The zero-order valence-corrected chi connectivity index (χ0v) is 10.6. The molecular formula is C15H15FN2O. The van der Waals surface area contributed by atoms with Gasteiger partial charge in [0.25, 0.3) is 0 Å². The fraction of sp³-hybridized carbons (Fsp3) is 0.267. The molecule has 0 spiro atoms. The van der Waals surface area contributed by atoms with Crippen LogP contribution in [0.4, 0.5) is 10.1 Å². The molecule has 1 aromatic heterocycles. The molecule has 0 atom stereocenters. The number of nitrogens with zero attached hydrogens (tertiary/aromatic N) is 2. The fourth-order valence-corrected chi connectivity index (χ4v) is 2.31. The van der Waals surface area contributed by atoms with E-state index in [4.69, 9.17) is 4.74 Å². The van der Waals surface area contributed by atoms with Gasteiger partial charge in [0.1, 0.15) is 5.82 Å². The first-order valence-electron chi connectivity index (χ1n) is 6.38. The van der Waals surface area contributed by atoms with Crippen molar-refractivity contribution in [3.63, 3.8) is 0 Å². The molecule has 1 aliphatic rings. The molecule has 2 aromatic rings. The van der Waals surface area contributed by atoms with Crippen LogP contribution in [-0.4, -0.2) is 31.3 Å². The van der Waals surface area contributed by atoms with Gasteiger partial charge in [0.2, 0.25) is 0 Å². The molecule has 3 nitrogen and oxygen atoms in total. The van der Waals surface area contributed by atoms with E-state index in [0.29, 0.717) is 13.2 Å². The van der Waals surface area contributed by atoms with E-state index in [-0.39, 0.29) is 5.82 Å². The van der Waals surface area contributed by atoms with Crippen LogP contribution in [0.5, 0.6) is 0 Å². The van der Waals surface area contributed by atoms with Crippen LogP contribution in [-0.2, 0) is 4.74 Å². The molecule has 0 saturated carbocycles. The molecule has 0 radical (unpaired) electrons. The summed E-state index contributed by atoms with van der Waals surface area (Å²) in [6, 6.07) is 10.6. The highest BCUT2D eigenvalue weighted by molar-refractivity contribution is 5.76. The summed E-state index contributed by atoms with van der Waals surface area (Å²) in [5, 5.41) is 0. The third-order valence-electron chi connectivity index (χ3n) is 3.25. The average molecular weight is 258 g/mol. The van der Waals surface area contributed by atoms with Gasteiger partial charge in [0, 0.05) is 30.5 Å². The second-order valence-electron chi connectivity index (χ2n) is 4.48. The van der Waals surface area contributed by atoms with Crippen molar-refractivity contribution in [2.24, 2.45) is 0 Å². The van der Waals surface area contributed by atoms with E-state index in [2.05, 4.69) is 9.88 Å². The zero-order chi connectivity index (χ0) is 13.1. The Bertz CT molecular complexity index is 553. The van der Waals surface area contributed by atoms with Crippen molar-refractivity contribution in [3.8, 4) is 11.3 Å². The van der Waals surface area contributed by atoms with Crippen molar-refractivity contribution < 1.29 is 9.13 Å². The Kier molecular flexibility index (Phi) is 3.42. The highest BCUT2D eigenvalue weighted by Crippen LogP contribution is 2.30. The van der Waals surface area contributed by atoms with Crippen molar-refractivity contribution in [1.82, 2.24) is 4.98 Å². The van der Waals surface area contributed by atoms with E-state index >= 15 is 0 Å². The van der Waals surface area contributed by atoms with Gasteiger partial charge in [-0.15, -0.1) is 0 Å². The summed E-state index contributed by atoms with van der Waals surface area (Å²) in [5.74, 6) is -0.221. The summed E-state index contributed by atoms with van der Waals surface area (Å²) < 4.78 is 18.9. The predicted octanol–water partition coefficient (Wildman–Crippen LogP) is 2.72. The molecule has 1 fully saturated rings. The minimum absolute atomic E-state index is 0.221. The van der Waals surface area contributed by atoms with Gasteiger partial charge in [-0.25, -0.2) is 4.39 Å². The smallest absolute Gasteiger partial charge is 0.125 e. The number of hydrogen-bond acceptors (Lipinski definition) is 3. The number of ether oxygens (including phenoxy) is 1. The molecule has 19 heavy (non-hydrogen) atoms. The van der Waals surface area contributed by atoms with Crippen molar-refractivity contribution in [3.05, 3.63) is 48.4 Å². The third-order valence-corrected chi connectivity index (χ3v) is 3.25. The van der Waals surface area contributed by atoms with Crippen LogP contribution < -0.4 is 4.90 Å². The van der Waals surface area contributed by atoms with Crippen molar-refractivity contribution in [2.45, 2.75) is 0 Å². The Morgan fingerprint density at radius 3 is 2.68 bits per heavy atom. The average Bonchev–Trinajstić information content (AvgIpc) is 2.49. The second kappa shape index (κ2) is 5.36. The van der Waals surface area contributed by atoms with E-state index < -0.39 is 0 Å². The number of aromatic nitrogens is 1. The van der Waals surface area contributed by atoms with Crippen LogP contribution in [0.15, 0.2) is 42.6 Å². The molecule has 1 saturated heterocycles. The summed E-state index contributed by atoms with van der Waals surface area (Å²) in [6.07, 6.45) is 1.75. The van der Waals surface area contributed by atoms with Gasteiger partial charge in [-0.05, 0) is 30.3 Å². The van der Waals surface area contributed by atoms with Gasteiger partial charge >= 0.3 is 0 Å². The van der Waals surface area contributed by atoms with E-state index in [1.165, 1.54) is 6.07 Å². The Hall–Kier alpha value is -1.94. The predicted molar refractivity (Wildman–Crippen MR) is 72.7 cm³/mol. The highest BCUT2D eigenvalue weighted by atomic mass is 19.1. The van der Waals surface area contributed by atoms with E-state index in [0.717, 1.165) is 30.0 Å². The number of pyridine rings is 1. The van der Waals surface area contributed by atoms with Crippen molar-refractivity contribution in [2.75, 3.05) is 31.2 Å². The summed E-state index contributed by atoms with van der Waals surface area (Å²) in [4.78, 5) is 6.50. The third kappa shape index (κ3) is 2.58. The summed E-state index contributed by atoms with van der Waals surface area (Å²) in [6.45, 7) is 2.92. The maximum Gasteiger partial charge on any atom is 0.125 e. The van der Waals surface area contributed by atoms with E-state index in [1.54, 1.807) is 18.3 Å². The van der Waals surface area contributed by atoms with Gasteiger partial charge < -0.3 is 9.64 Å². The molecule has 2 heterocycles. The first-order valence-corrected chi connectivity index (χ1v) is 6.38. The van der Waals surface area contributed by atoms with Gasteiger partial charge in [0.15, 0.2) is 0 Å². The van der Waals surface area contributed by atoms with Gasteiger partial charge in [-0.1, -0.05) is 6.07 Å². The molecule has 0 aliphatic carbocycles. The van der Waals surface area contributed by atoms with Crippen LogP contribution in [0.1, 0.15) is 0 Å². The number of hydrogen-bond donors (Lipinski definition) is 0. The summed E-state index contributed by atoms with van der Waals surface area (Å²) in [7, 11) is 0. The highest BCUT2D eigenvalue weighted by Gasteiger charge is 2.16. The van der Waals surface area contributed by atoms with Crippen LogP contribution in [0.25, 0.3) is 11.3 Å². The number of benzene rings is 1. The van der Waals surface area contributed by atoms with Crippen LogP contribution >= 0.6 is 0 Å². The lowest BCUT2D eigenvalue weighted by Gasteiger charge is -2.30. The first kappa shape index (κ1) is 12.1. The summed E-state index contributed by atoms with van der Waals surface area (Å²) in [5.41, 5.74) is 2.72. The van der Waals surface area contributed by atoms with Crippen molar-refractivity contribution >= 4 is 5.69 Å². The SMILES string of the molecule is Fc1ccc(-c2ccccn2)c(N2CCOCC2)c1. The number of halogens is 1. The normalized spacial score (nSPS) is 15.5. The minimum Gasteiger partial charge on any atom is -0.378 e. The van der Waals surface area contributed by atoms with Crippen LogP contribution in [0.2, 0.25) is 0 Å². The fourth-order valence-electron chi connectivity index (χ4n) is 2.31. The molecule has 0 amide bonds. The molecule has 4 heteroatoms. The molecule has 0 unspecified atom stereocenters. The molecule has 98 valence electrons. The maximum atomic E-state index is 13.5. The lowest BCUT2D eigenvalue weighted by Crippen LogP contribution is -2.36. The van der Waals surface area contributed by atoms with Gasteiger partial charge in [-0.2, -0.15) is 0 Å². The first-order chi connectivity index (χ1) is 9.34. The molecule has 0 bridgehead atoms. The van der Waals surface area contributed by atoms with Gasteiger partial charge in [-0.3, -0.25) is 4.98 Å². The standard InChI is InChI=1S/C15H15FN2O/c16-12-4-5-13(14-3-1-2-6-17-14)15(11-12)18-7-9-19-10-8-18/h1-6,11H,7-10H2. The van der Waals surface area contributed by atoms with E-state index in [9.17, 15) is 4.39 Å². The zero-order valence-electron chi connectivity index (χ0n) is 10.6. The maximum absolute atomic E-state index is 13.5. The lowest BCUT2D eigenvalue weighted by atomic mass is 10.1. The topological polar surface area (TPSA) is 25.4 Å². The Morgan fingerprint density at radius 2 is 1.95 bits per heavy atom. The Balaban J connectivity index is 2.04. The molecule has 1 aromatic carbocycles. The number of morpholine rings is 1. The van der Waals surface area contributed by atoms with Crippen LogP contribution in [0, 0.1) is 5.82 Å². The molecule has 3 rings (SSSR count). The van der Waals surface area contributed by atoms with E-state index in [1.807, 2.05) is 18.2 Å². The molecular weight excluding hydrogens is 243 g/mol. The number of rotatable bonds is 2.